The van der Waals surface area contributed by atoms with E-state index in [4.69, 9.17) is 16.3 Å². The molecule has 1 aromatic carbocycles. The highest BCUT2D eigenvalue weighted by Gasteiger charge is 2.09. The number of carbonyl (C=O) groups is 1. The molecule has 1 aromatic heterocycles. The van der Waals surface area contributed by atoms with Crippen molar-refractivity contribution >= 4 is 35.1 Å². The average molecular weight is 295 g/mol. The molecule has 0 bridgehead atoms. The summed E-state index contributed by atoms with van der Waals surface area (Å²) in [6, 6.07) is 10.6. The lowest BCUT2D eigenvalue weighted by Gasteiger charge is -2.05. The first-order valence-electron chi connectivity index (χ1n) is 5.42. The van der Waals surface area contributed by atoms with Crippen molar-refractivity contribution in [3.63, 3.8) is 0 Å². The second kappa shape index (κ2) is 6.36. The number of para-hydroxylation sites is 1. The number of rotatable bonds is 4. The van der Waals surface area contributed by atoms with Gasteiger partial charge in [0.1, 0.15) is 5.75 Å². The minimum atomic E-state index is -0.323. The lowest BCUT2D eigenvalue weighted by Crippen LogP contribution is -2.18. The standard InChI is InChI=1S/C13H11ClN2O2S/c1-18-11-5-3-2-4-10(11)13(17)16-15-8-9-6-7-12(14)19-9/h2-8H,1H3,(H,16,17)/b15-8+. The topological polar surface area (TPSA) is 50.7 Å². The summed E-state index contributed by atoms with van der Waals surface area (Å²) < 4.78 is 5.78. The third-order valence-electron chi connectivity index (χ3n) is 2.30. The molecule has 0 atom stereocenters. The molecule has 0 fully saturated rings. The molecule has 4 nitrogen and oxygen atoms in total. The third-order valence-corrected chi connectivity index (χ3v) is 3.47. The summed E-state index contributed by atoms with van der Waals surface area (Å²) in [6.07, 6.45) is 1.55. The molecule has 98 valence electrons. The zero-order valence-corrected chi connectivity index (χ0v) is 11.7. The molecular formula is C13H11ClN2O2S. The fourth-order valence-electron chi connectivity index (χ4n) is 1.44. The van der Waals surface area contributed by atoms with Gasteiger partial charge in [-0.15, -0.1) is 11.3 Å². The highest BCUT2D eigenvalue weighted by molar-refractivity contribution is 7.17. The molecule has 2 rings (SSSR count). The van der Waals surface area contributed by atoms with E-state index in [0.717, 1.165) is 4.88 Å². The molecule has 0 saturated carbocycles. The highest BCUT2D eigenvalue weighted by Crippen LogP contribution is 2.19. The molecule has 1 heterocycles. The van der Waals surface area contributed by atoms with E-state index >= 15 is 0 Å². The normalized spacial score (nSPS) is 10.6. The number of ether oxygens (including phenoxy) is 1. The summed E-state index contributed by atoms with van der Waals surface area (Å²) in [4.78, 5) is 12.8. The van der Waals surface area contributed by atoms with Crippen molar-refractivity contribution in [1.29, 1.82) is 0 Å². The SMILES string of the molecule is COc1ccccc1C(=O)N/N=C/c1ccc(Cl)s1. The molecule has 0 saturated heterocycles. The minimum Gasteiger partial charge on any atom is -0.496 e. The number of amides is 1. The van der Waals surface area contributed by atoms with Gasteiger partial charge in [0.25, 0.3) is 5.91 Å². The van der Waals surface area contributed by atoms with Crippen LogP contribution in [0.3, 0.4) is 0 Å². The van der Waals surface area contributed by atoms with Crippen LogP contribution in [-0.4, -0.2) is 19.2 Å². The van der Waals surface area contributed by atoms with Crippen LogP contribution in [-0.2, 0) is 0 Å². The van der Waals surface area contributed by atoms with Crippen LogP contribution < -0.4 is 10.2 Å². The zero-order chi connectivity index (χ0) is 13.7. The lowest BCUT2D eigenvalue weighted by atomic mass is 10.2. The van der Waals surface area contributed by atoms with Gasteiger partial charge in [-0.3, -0.25) is 4.79 Å². The predicted molar refractivity (Wildman–Crippen MR) is 77.4 cm³/mol. The first kappa shape index (κ1) is 13.6. The molecule has 0 aliphatic heterocycles. The zero-order valence-electron chi connectivity index (χ0n) is 10.1. The minimum absolute atomic E-state index is 0.323. The molecule has 1 N–H and O–H groups in total. The van der Waals surface area contributed by atoms with Gasteiger partial charge in [-0.2, -0.15) is 5.10 Å². The van der Waals surface area contributed by atoms with E-state index in [1.807, 2.05) is 6.07 Å². The molecular weight excluding hydrogens is 284 g/mol. The number of nitrogens with one attached hydrogen (secondary N) is 1. The second-order valence-electron chi connectivity index (χ2n) is 3.54. The van der Waals surface area contributed by atoms with Gasteiger partial charge in [-0.05, 0) is 24.3 Å². The molecule has 0 radical (unpaired) electrons. The van der Waals surface area contributed by atoms with Crippen LogP contribution in [0.1, 0.15) is 15.2 Å². The molecule has 0 spiro atoms. The number of carbonyl (C=O) groups excluding carboxylic acids is 1. The van der Waals surface area contributed by atoms with E-state index in [0.29, 0.717) is 15.6 Å². The van der Waals surface area contributed by atoms with E-state index in [1.165, 1.54) is 18.4 Å². The average Bonchev–Trinajstić information content (AvgIpc) is 2.84. The summed E-state index contributed by atoms with van der Waals surface area (Å²) in [5.41, 5.74) is 2.88. The maximum Gasteiger partial charge on any atom is 0.275 e. The van der Waals surface area contributed by atoms with Gasteiger partial charge in [0.15, 0.2) is 0 Å². The maximum atomic E-state index is 11.9. The smallest absolute Gasteiger partial charge is 0.275 e. The van der Waals surface area contributed by atoms with Gasteiger partial charge >= 0.3 is 0 Å². The summed E-state index contributed by atoms with van der Waals surface area (Å²) in [6.45, 7) is 0. The third kappa shape index (κ3) is 3.56. The highest BCUT2D eigenvalue weighted by atomic mass is 35.5. The fraction of sp³-hybridized carbons (Fsp3) is 0.0769. The van der Waals surface area contributed by atoms with Gasteiger partial charge in [0, 0.05) is 4.88 Å². The van der Waals surface area contributed by atoms with Crippen molar-refractivity contribution in [2.24, 2.45) is 5.10 Å². The second-order valence-corrected chi connectivity index (χ2v) is 5.29. The Morgan fingerprint density at radius 3 is 2.84 bits per heavy atom. The number of nitrogens with zero attached hydrogens (tertiary/aromatic N) is 1. The maximum absolute atomic E-state index is 11.9. The Kier molecular flexibility index (Phi) is 4.54. The summed E-state index contributed by atoms with van der Waals surface area (Å²) in [5.74, 6) is 0.186. The Labute approximate surface area is 119 Å². The van der Waals surface area contributed by atoms with Gasteiger partial charge < -0.3 is 4.74 Å². The quantitative estimate of drug-likeness (QED) is 0.695. The van der Waals surface area contributed by atoms with Crippen molar-refractivity contribution in [2.75, 3.05) is 7.11 Å². The number of methoxy groups -OCH3 is 1. The molecule has 19 heavy (non-hydrogen) atoms. The number of halogens is 1. The van der Waals surface area contributed by atoms with Crippen molar-refractivity contribution < 1.29 is 9.53 Å². The predicted octanol–water partition coefficient (Wildman–Crippen LogP) is 3.17. The van der Waals surface area contributed by atoms with Crippen LogP contribution >= 0.6 is 22.9 Å². The van der Waals surface area contributed by atoms with E-state index in [-0.39, 0.29) is 5.91 Å². The Morgan fingerprint density at radius 2 is 2.16 bits per heavy atom. The van der Waals surface area contributed by atoms with Crippen molar-refractivity contribution in [3.8, 4) is 5.75 Å². The summed E-state index contributed by atoms with van der Waals surface area (Å²) in [5, 5.41) is 3.88. The Balaban J connectivity index is 2.03. The van der Waals surface area contributed by atoms with Gasteiger partial charge in [0.05, 0.1) is 23.2 Å². The molecule has 0 unspecified atom stereocenters. The Morgan fingerprint density at radius 1 is 1.37 bits per heavy atom. The number of hydrogen-bond donors (Lipinski definition) is 1. The Bertz CT molecular complexity index is 610. The van der Waals surface area contributed by atoms with E-state index in [2.05, 4.69) is 10.5 Å². The van der Waals surface area contributed by atoms with Crippen molar-refractivity contribution in [2.45, 2.75) is 0 Å². The number of hydrogen-bond acceptors (Lipinski definition) is 4. The van der Waals surface area contributed by atoms with Crippen LogP contribution in [0.4, 0.5) is 0 Å². The number of benzene rings is 1. The van der Waals surface area contributed by atoms with Crippen LogP contribution in [0.15, 0.2) is 41.5 Å². The lowest BCUT2D eigenvalue weighted by molar-refractivity contribution is 0.0952. The number of hydrazone groups is 1. The first-order chi connectivity index (χ1) is 9.20. The fourth-order valence-corrected chi connectivity index (χ4v) is 2.38. The van der Waals surface area contributed by atoms with Gasteiger partial charge in [-0.25, -0.2) is 5.43 Å². The van der Waals surface area contributed by atoms with Gasteiger partial charge in [-0.1, -0.05) is 23.7 Å². The van der Waals surface area contributed by atoms with E-state index < -0.39 is 0 Å². The molecule has 2 aromatic rings. The van der Waals surface area contributed by atoms with E-state index in [1.54, 1.807) is 36.5 Å². The Hall–Kier alpha value is -1.85. The molecule has 0 aliphatic rings. The van der Waals surface area contributed by atoms with Gasteiger partial charge in [0.2, 0.25) is 0 Å². The molecule has 0 aliphatic carbocycles. The largest absolute Gasteiger partial charge is 0.496 e. The van der Waals surface area contributed by atoms with Crippen LogP contribution in [0, 0.1) is 0 Å². The molecule has 1 amide bonds. The number of thiophene rings is 1. The van der Waals surface area contributed by atoms with Crippen LogP contribution in [0.2, 0.25) is 4.34 Å². The van der Waals surface area contributed by atoms with Crippen molar-refractivity contribution in [1.82, 2.24) is 5.43 Å². The monoisotopic (exact) mass is 294 g/mol. The summed E-state index contributed by atoms with van der Waals surface area (Å²) >= 11 is 7.17. The van der Waals surface area contributed by atoms with Crippen molar-refractivity contribution in [3.05, 3.63) is 51.2 Å². The van der Waals surface area contributed by atoms with Crippen LogP contribution in [0.25, 0.3) is 0 Å². The van der Waals surface area contributed by atoms with Crippen LogP contribution in [0.5, 0.6) is 5.75 Å². The van der Waals surface area contributed by atoms with E-state index in [9.17, 15) is 4.79 Å². The molecule has 6 heteroatoms. The first-order valence-corrected chi connectivity index (χ1v) is 6.62. The summed E-state index contributed by atoms with van der Waals surface area (Å²) in [7, 11) is 1.52.